The lowest BCUT2D eigenvalue weighted by atomic mass is 9.98. The van der Waals surface area contributed by atoms with Crippen LogP contribution in [0.2, 0.25) is 0 Å². The lowest BCUT2D eigenvalue weighted by Crippen LogP contribution is -2.50. The summed E-state index contributed by atoms with van der Waals surface area (Å²) in [7, 11) is 0. The average Bonchev–Trinajstić information content (AvgIpc) is 2.37. The van der Waals surface area contributed by atoms with Crippen LogP contribution in [-0.4, -0.2) is 18.0 Å². The van der Waals surface area contributed by atoms with Crippen LogP contribution in [-0.2, 0) is 11.2 Å². The van der Waals surface area contributed by atoms with Gasteiger partial charge in [-0.25, -0.2) is 0 Å². The minimum atomic E-state index is -0.275. The molecular formula is C15H24N2O. The van der Waals surface area contributed by atoms with Gasteiger partial charge in [0.05, 0.1) is 0 Å². The summed E-state index contributed by atoms with van der Waals surface area (Å²) in [6.45, 7) is 6.57. The summed E-state index contributed by atoms with van der Waals surface area (Å²) in [4.78, 5) is 11.9. The summed E-state index contributed by atoms with van der Waals surface area (Å²) in [5, 5.41) is 3.02. The van der Waals surface area contributed by atoms with Gasteiger partial charge in [0.2, 0.25) is 5.91 Å². The molecule has 0 fully saturated rings. The average molecular weight is 248 g/mol. The van der Waals surface area contributed by atoms with E-state index in [4.69, 9.17) is 5.73 Å². The van der Waals surface area contributed by atoms with Gasteiger partial charge in [-0.05, 0) is 37.8 Å². The van der Waals surface area contributed by atoms with Gasteiger partial charge in [0, 0.05) is 18.5 Å². The molecule has 3 N–H and O–H groups in total. The van der Waals surface area contributed by atoms with E-state index < -0.39 is 0 Å². The molecule has 0 spiro atoms. The third-order valence-corrected chi connectivity index (χ3v) is 3.55. The molecular weight excluding hydrogens is 224 g/mol. The Morgan fingerprint density at radius 3 is 2.61 bits per heavy atom. The molecule has 0 aliphatic heterocycles. The maximum absolute atomic E-state index is 11.9. The molecule has 0 saturated heterocycles. The summed E-state index contributed by atoms with van der Waals surface area (Å²) in [5.41, 5.74) is 7.88. The first kappa shape index (κ1) is 14.7. The number of hydrogen-bond acceptors (Lipinski definition) is 2. The van der Waals surface area contributed by atoms with Gasteiger partial charge in [-0.2, -0.15) is 0 Å². The van der Waals surface area contributed by atoms with Crippen molar-refractivity contribution in [3.05, 3.63) is 35.4 Å². The van der Waals surface area contributed by atoms with Crippen molar-refractivity contribution >= 4 is 5.91 Å². The second-order valence-electron chi connectivity index (χ2n) is 5.09. The molecule has 1 aromatic rings. The van der Waals surface area contributed by atoms with Crippen molar-refractivity contribution in [2.45, 2.75) is 45.6 Å². The molecule has 1 unspecified atom stereocenters. The van der Waals surface area contributed by atoms with E-state index in [0.29, 0.717) is 13.0 Å². The predicted molar refractivity (Wildman–Crippen MR) is 75.4 cm³/mol. The molecule has 0 aromatic heterocycles. The Balaban J connectivity index is 2.50. The lowest BCUT2D eigenvalue weighted by Gasteiger charge is -2.28. The first-order valence-corrected chi connectivity index (χ1v) is 6.56. The molecule has 3 nitrogen and oxygen atoms in total. The molecule has 1 atom stereocenters. The van der Waals surface area contributed by atoms with Crippen molar-refractivity contribution in [2.75, 3.05) is 6.54 Å². The molecule has 1 amide bonds. The van der Waals surface area contributed by atoms with Gasteiger partial charge >= 0.3 is 0 Å². The Labute approximate surface area is 110 Å². The summed E-state index contributed by atoms with van der Waals surface area (Å²) in [5.74, 6) is 0.0769. The normalized spacial score (nSPS) is 14.0. The third-order valence-electron chi connectivity index (χ3n) is 3.55. The fourth-order valence-electron chi connectivity index (χ4n) is 1.82. The lowest BCUT2D eigenvalue weighted by molar-refractivity contribution is -0.122. The Kier molecular flexibility index (Phi) is 5.35. The van der Waals surface area contributed by atoms with Crippen molar-refractivity contribution in [1.29, 1.82) is 0 Å². The van der Waals surface area contributed by atoms with Crippen LogP contribution in [0.1, 0.15) is 37.8 Å². The van der Waals surface area contributed by atoms with Gasteiger partial charge in [0.15, 0.2) is 0 Å². The molecule has 0 heterocycles. The van der Waals surface area contributed by atoms with Crippen molar-refractivity contribution in [3.8, 4) is 0 Å². The molecule has 18 heavy (non-hydrogen) atoms. The first-order valence-electron chi connectivity index (χ1n) is 6.56. The van der Waals surface area contributed by atoms with E-state index in [1.807, 2.05) is 26.0 Å². The van der Waals surface area contributed by atoms with E-state index in [2.05, 4.69) is 24.4 Å². The zero-order valence-electron chi connectivity index (χ0n) is 11.6. The van der Waals surface area contributed by atoms with E-state index in [1.165, 1.54) is 11.1 Å². The predicted octanol–water partition coefficient (Wildman–Crippen LogP) is 2.17. The molecule has 0 radical (unpaired) electrons. The first-order chi connectivity index (χ1) is 8.50. The van der Waals surface area contributed by atoms with Crippen LogP contribution in [0.4, 0.5) is 0 Å². The number of carbonyl (C=O) groups excluding carboxylic acids is 1. The zero-order valence-corrected chi connectivity index (χ0v) is 11.6. The van der Waals surface area contributed by atoms with Crippen molar-refractivity contribution in [1.82, 2.24) is 5.32 Å². The minimum Gasteiger partial charge on any atom is -0.350 e. The molecule has 100 valence electrons. The fraction of sp³-hybridized carbons (Fsp3) is 0.533. The highest BCUT2D eigenvalue weighted by Crippen LogP contribution is 2.11. The number of nitrogens with two attached hydrogens (primary N) is 1. The quantitative estimate of drug-likeness (QED) is 0.810. The van der Waals surface area contributed by atoms with E-state index in [-0.39, 0.29) is 11.4 Å². The Bertz CT molecular complexity index is 397. The second kappa shape index (κ2) is 6.55. The van der Waals surface area contributed by atoms with Gasteiger partial charge in [-0.15, -0.1) is 0 Å². The van der Waals surface area contributed by atoms with Gasteiger partial charge in [-0.3, -0.25) is 4.79 Å². The number of aryl methyl sites for hydroxylation is 2. The number of carbonyl (C=O) groups is 1. The highest BCUT2D eigenvalue weighted by molar-refractivity contribution is 5.77. The monoisotopic (exact) mass is 248 g/mol. The Hall–Kier alpha value is -1.35. The maximum atomic E-state index is 11.9. The zero-order chi connectivity index (χ0) is 13.6. The highest BCUT2D eigenvalue weighted by Gasteiger charge is 2.21. The van der Waals surface area contributed by atoms with Gasteiger partial charge in [0.1, 0.15) is 0 Å². The smallest absolute Gasteiger partial charge is 0.220 e. The minimum absolute atomic E-state index is 0.0769. The molecule has 1 rings (SSSR count). The van der Waals surface area contributed by atoms with Gasteiger partial charge in [-0.1, -0.05) is 31.2 Å². The topological polar surface area (TPSA) is 55.1 Å². The Morgan fingerprint density at radius 1 is 1.39 bits per heavy atom. The van der Waals surface area contributed by atoms with Crippen LogP contribution in [0.15, 0.2) is 24.3 Å². The largest absolute Gasteiger partial charge is 0.350 e. The van der Waals surface area contributed by atoms with Crippen LogP contribution in [0.25, 0.3) is 0 Å². The van der Waals surface area contributed by atoms with Crippen LogP contribution in [0.5, 0.6) is 0 Å². The van der Waals surface area contributed by atoms with E-state index in [9.17, 15) is 4.79 Å². The molecule has 0 bridgehead atoms. The molecule has 0 aliphatic rings. The van der Waals surface area contributed by atoms with E-state index in [0.717, 1.165) is 12.8 Å². The van der Waals surface area contributed by atoms with E-state index in [1.54, 1.807) is 0 Å². The van der Waals surface area contributed by atoms with Gasteiger partial charge in [0.25, 0.3) is 0 Å². The number of nitrogens with one attached hydrogen (secondary N) is 1. The standard InChI is InChI=1S/C15H24N2O/c1-4-15(3,11-16)17-14(18)10-9-13-8-6-5-7-12(13)2/h5-8H,4,9-11,16H2,1-3H3,(H,17,18). The van der Waals surface area contributed by atoms with Crippen LogP contribution in [0, 0.1) is 6.92 Å². The summed E-state index contributed by atoms with van der Waals surface area (Å²) >= 11 is 0. The van der Waals surface area contributed by atoms with Crippen LogP contribution in [0.3, 0.4) is 0 Å². The van der Waals surface area contributed by atoms with E-state index >= 15 is 0 Å². The van der Waals surface area contributed by atoms with Crippen LogP contribution < -0.4 is 11.1 Å². The van der Waals surface area contributed by atoms with Crippen molar-refractivity contribution in [2.24, 2.45) is 5.73 Å². The second-order valence-corrected chi connectivity index (χ2v) is 5.09. The molecule has 0 saturated carbocycles. The molecule has 1 aromatic carbocycles. The number of rotatable bonds is 6. The maximum Gasteiger partial charge on any atom is 0.220 e. The number of benzene rings is 1. The van der Waals surface area contributed by atoms with Gasteiger partial charge < -0.3 is 11.1 Å². The number of amides is 1. The fourth-order valence-corrected chi connectivity index (χ4v) is 1.82. The van der Waals surface area contributed by atoms with Crippen LogP contribution >= 0.6 is 0 Å². The molecule has 3 heteroatoms. The van der Waals surface area contributed by atoms with Crippen molar-refractivity contribution in [3.63, 3.8) is 0 Å². The van der Waals surface area contributed by atoms with Crippen molar-refractivity contribution < 1.29 is 4.79 Å². The summed E-state index contributed by atoms with van der Waals surface area (Å²) < 4.78 is 0. The summed E-state index contributed by atoms with van der Waals surface area (Å²) in [6.07, 6.45) is 2.14. The Morgan fingerprint density at radius 2 is 2.06 bits per heavy atom. The third kappa shape index (κ3) is 4.15. The summed E-state index contributed by atoms with van der Waals surface area (Å²) in [6, 6.07) is 8.17. The SMILES string of the molecule is CCC(C)(CN)NC(=O)CCc1ccccc1C. The number of hydrogen-bond donors (Lipinski definition) is 2. The highest BCUT2D eigenvalue weighted by atomic mass is 16.1. The molecule has 0 aliphatic carbocycles.